The Morgan fingerprint density at radius 3 is 2.68 bits per heavy atom. The number of hydrogen-bond donors (Lipinski definition) is 1. The molecule has 0 saturated carbocycles. The summed E-state index contributed by atoms with van der Waals surface area (Å²) in [7, 11) is 0. The van der Waals surface area contributed by atoms with Crippen LogP contribution < -0.4 is 5.32 Å². The van der Waals surface area contributed by atoms with E-state index in [1.807, 2.05) is 11.8 Å². The van der Waals surface area contributed by atoms with Gasteiger partial charge in [-0.25, -0.2) is 0 Å². The lowest BCUT2D eigenvalue weighted by Gasteiger charge is -2.26. The number of carbonyl (C=O) groups is 2. The summed E-state index contributed by atoms with van der Waals surface area (Å²) in [5.74, 6) is -0.409. The Labute approximate surface area is 152 Å². The molecule has 3 rings (SSSR count). The summed E-state index contributed by atoms with van der Waals surface area (Å²) in [6.45, 7) is 3.37. The molecule has 1 fully saturated rings. The third-order valence-electron chi connectivity index (χ3n) is 4.40. The molecule has 2 heterocycles. The van der Waals surface area contributed by atoms with Crippen LogP contribution in [0.2, 0.25) is 5.02 Å². The number of rotatable bonds is 3. The molecule has 2 aromatic rings. The van der Waals surface area contributed by atoms with Crippen LogP contribution in [0.4, 0.5) is 5.69 Å². The molecule has 1 N–H and O–H groups in total. The van der Waals surface area contributed by atoms with Crippen molar-refractivity contribution in [1.82, 2.24) is 9.88 Å². The van der Waals surface area contributed by atoms with Crippen LogP contribution in [0.5, 0.6) is 0 Å². The number of aromatic nitrogens is 1. The number of anilines is 1. The van der Waals surface area contributed by atoms with E-state index in [0.29, 0.717) is 16.3 Å². The van der Waals surface area contributed by atoms with Gasteiger partial charge in [0.1, 0.15) is 5.69 Å². The Kier molecular flexibility index (Phi) is 5.34. The van der Waals surface area contributed by atoms with E-state index < -0.39 is 0 Å². The predicted octanol–water partition coefficient (Wildman–Crippen LogP) is 3.92. The van der Waals surface area contributed by atoms with Crippen LogP contribution in [0, 0.1) is 6.92 Å². The number of pyridine rings is 1. The molecule has 0 unspecified atom stereocenters. The van der Waals surface area contributed by atoms with Gasteiger partial charge < -0.3 is 10.2 Å². The first-order valence-corrected chi connectivity index (χ1v) is 8.76. The first kappa shape index (κ1) is 17.4. The van der Waals surface area contributed by atoms with Crippen LogP contribution in [-0.2, 0) is 0 Å². The smallest absolute Gasteiger partial charge is 0.274 e. The molecule has 2 amide bonds. The number of carbonyl (C=O) groups excluding carboxylic acids is 2. The monoisotopic (exact) mass is 357 g/mol. The highest BCUT2D eigenvalue weighted by Crippen LogP contribution is 2.23. The first-order chi connectivity index (χ1) is 12.1. The van der Waals surface area contributed by atoms with Gasteiger partial charge >= 0.3 is 0 Å². The Hall–Kier alpha value is -2.40. The predicted molar refractivity (Wildman–Crippen MR) is 98.1 cm³/mol. The topological polar surface area (TPSA) is 62.3 Å². The molecular weight excluding hydrogens is 338 g/mol. The zero-order valence-electron chi connectivity index (χ0n) is 14.1. The number of hydrogen-bond acceptors (Lipinski definition) is 3. The van der Waals surface area contributed by atoms with E-state index in [1.165, 1.54) is 6.20 Å². The molecule has 6 heteroatoms. The van der Waals surface area contributed by atoms with Crippen molar-refractivity contribution in [3.63, 3.8) is 0 Å². The Balaban J connectivity index is 1.77. The average molecular weight is 358 g/mol. The number of halogens is 1. The summed E-state index contributed by atoms with van der Waals surface area (Å²) in [5.41, 5.74) is 2.12. The highest BCUT2D eigenvalue weighted by Gasteiger charge is 2.20. The van der Waals surface area contributed by atoms with Gasteiger partial charge in [-0.3, -0.25) is 14.6 Å². The van der Waals surface area contributed by atoms with Crippen molar-refractivity contribution in [3.8, 4) is 0 Å². The average Bonchev–Trinajstić information content (AvgIpc) is 2.65. The number of likely N-dealkylation sites (tertiary alicyclic amines) is 1. The molecule has 1 aliphatic rings. The zero-order chi connectivity index (χ0) is 17.8. The molecule has 5 nitrogen and oxygen atoms in total. The van der Waals surface area contributed by atoms with E-state index in [-0.39, 0.29) is 17.5 Å². The second-order valence-corrected chi connectivity index (χ2v) is 6.56. The minimum atomic E-state index is -0.362. The maximum Gasteiger partial charge on any atom is 0.274 e. The van der Waals surface area contributed by atoms with E-state index in [0.717, 1.165) is 37.9 Å². The molecule has 0 radical (unpaired) electrons. The highest BCUT2D eigenvalue weighted by molar-refractivity contribution is 6.31. The maximum atomic E-state index is 12.6. The number of benzene rings is 1. The lowest BCUT2D eigenvalue weighted by Crippen LogP contribution is -2.35. The van der Waals surface area contributed by atoms with Crippen molar-refractivity contribution in [3.05, 3.63) is 58.4 Å². The van der Waals surface area contributed by atoms with Crippen LogP contribution in [0.15, 0.2) is 36.5 Å². The Morgan fingerprint density at radius 2 is 1.92 bits per heavy atom. The van der Waals surface area contributed by atoms with E-state index in [9.17, 15) is 9.59 Å². The van der Waals surface area contributed by atoms with Gasteiger partial charge in [0.25, 0.3) is 11.8 Å². The molecule has 1 aliphatic heterocycles. The van der Waals surface area contributed by atoms with Crippen molar-refractivity contribution in [2.75, 3.05) is 18.4 Å². The minimum absolute atomic E-state index is 0.0462. The van der Waals surface area contributed by atoms with Crippen LogP contribution in [-0.4, -0.2) is 34.8 Å². The lowest BCUT2D eigenvalue weighted by atomic mass is 10.1. The number of amides is 2. The zero-order valence-corrected chi connectivity index (χ0v) is 14.8. The van der Waals surface area contributed by atoms with E-state index >= 15 is 0 Å². The molecular formula is C19H20ClN3O2. The Morgan fingerprint density at radius 1 is 1.16 bits per heavy atom. The van der Waals surface area contributed by atoms with Gasteiger partial charge in [-0.15, -0.1) is 0 Å². The second-order valence-electron chi connectivity index (χ2n) is 6.15. The van der Waals surface area contributed by atoms with Gasteiger partial charge in [-0.2, -0.15) is 0 Å². The van der Waals surface area contributed by atoms with Crippen molar-refractivity contribution >= 4 is 29.1 Å². The third-order valence-corrected chi connectivity index (χ3v) is 4.81. The normalized spacial score (nSPS) is 14.2. The van der Waals surface area contributed by atoms with Gasteiger partial charge in [-0.05, 0) is 56.0 Å². The van der Waals surface area contributed by atoms with E-state index in [2.05, 4.69) is 10.3 Å². The number of nitrogens with one attached hydrogen (secondary N) is 1. The first-order valence-electron chi connectivity index (χ1n) is 8.38. The molecule has 25 heavy (non-hydrogen) atoms. The summed E-state index contributed by atoms with van der Waals surface area (Å²) >= 11 is 6.08. The molecule has 1 aromatic heterocycles. The molecule has 1 saturated heterocycles. The number of nitrogens with zero attached hydrogens (tertiary/aromatic N) is 2. The van der Waals surface area contributed by atoms with Crippen molar-refractivity contribution < 1.29 is 9.59 Å². The van der Waals surface area contributed by atoms with Gasteiger partial charge in [0.15, 0.2) is 0 Å². The van der Waals surface area contributed by atoms with Gasteiger partial charge in [-0.1, -0.05) is 17.7 Å². The Bertz CT molecular complexity index is 801. The summed E-state index contributed by atoms with van der Waals surface area (Å²) in [6.07, 6.45) is 4.71. The lowest BCUT2D eigenvalue weighted by molar-refractivity contribution is 0.0724. The summed E-state index contributed by atoms with van der Waals surface area (Å²) in [6, 6.07) is 8.52. The second kappa shape index (κ2) is 7.66. The van der Waals surface area contributed by atoms with Crippen LogP contribution in [0.1, 0.15) is 45.7 Å². The minimum Gasteiger partial charge on any atom is -0.339 e. The molecule has 0 spiro atoms. The molecule has 0 bridgehead atoms. The standard InChI is InChI=1S/C19H20ClN3O2/c1-13-15(20)6-5-7-16(13)22-18(24)17-12-14(8-9-21-17)19(25)23-10-3-2-4-11-23/h5-9,12H,2-4,10-11H2,1H3,(H,22,24). The summed E-state index contributed by atoms with van der Waals surface area (Å²) in [5, 5.41) is 3.39. The SMILES string of the molecule is Cc1c(Cl)cccc1NC(=O)c1cc(C(=O)N2CCCCC2)ccn1. The summed E-state index contributed by atoms with van der Waals surface area (Å²) < 4.78 is 0. The third kappa shape index (κ3) is 3.99. The number of piperidine rings is 1. The van der Waals surface area contributed by atoms with Crippen molar-refractivity contribution in [1.29, 1.82) is 0 Å². The largest absolute Gasteiger partial charge is 0.339 e. The van der Waals surface area contributed by atoms with Crippen LogP contribution in [0.25, 0.3) is 0 Å². The molecule has 130 valence electrons. The molecule has 0 atom stereocenters. The quantitative estimate of drug-likeness (QED) is 0.905. The molecule has 1 aromatic carbocycles. The van der Waals surface area contributed by atoms with Gasteiger partial charge in [0, 0.05) is 35.6 Å². The fourth-order valence-electron chi connectivity index (χ4n) is 2.90. The van der Waals surface area contributed by atoms with Crippen molar-refractivity contribution in [2.45, 2.75) is 26.2 Å². The van der Waals surface area contributed by atoms with Gasteiger partial charge in [0.2, 0.25) is 0 Å². The van der Waals surface area contributed by atoms with E-state index in [1.54, 1.807) is 30.3 Å². The van der Waals surface area contributed by atoms with Gasteiger partial charge in [0.05, 0.1) is 0 Å². The maximum absolute atomic E-state index is 12.6. The van der Waals surface area contributed by atoms with Crippen LogP contribution >= 0.6 is 11.6 Å². The fourth-order valence-corrected chi connectivity index (χ4v) is 3.07. The summed E-state index contributed by atoms with van der Waals surface area (Å²) in [4.78, 5) is 31.0. The van der Waals surface area contributed by atoms with Crippen LogP contribution in [0.3, 0.4) is 0 Å². The molecule has 0 aliphatic carbocycles. The van der Waals surface area contributed by atoms with Crippen molar-refractivity contribution in [2.24, 2.45) is 0 Å². The fraction of sp³-hybridized carbons (Fsp3) is 0.316. The highest BCUT2D eigenvalue weighted by atomic mass is 35.5. The van der Waals surface area contributed by atoms with E-state index in [4.69, 9.17) is 11.6 Å².